The molecule has 0 amide bonds. The molecule has 1 nitrogen and oxygen atoms in total. The summed E-state index contributed by atoms with van der Waals surface area (Å²) in [5.74, 6) is -0.165. The fraction of sp³-hybridized carbons (Fsp3) is 0.538. The summed E-state index contributed by atoms with van der Waals surface area (Å²) in [5, 5.41) is 3.71. The van der Waals surface area contributed by atoms with Crippen LogP contribution in [0.3, 0.4) is 0 Å². The molecule has 0 aliphatic heterocycles. The molecular formula is C13H19ClFN. The summed E-state index contributed by atoms with van der Waals surface area (Å²) in [6, 6.07) is 4.74. The van der Waals surface area contributed by atoms with Crippen LogP contribution in [0.25, 0.3) is 0 Å². The van der Waals surface area contributed by atoms with Gasteiger partial charge in [0.1, 0.15) is 5.82 Å². The summed E-state index contributed by atoms with van der Waals surface area (Å²) in [6.45, 7) is 5.23. The van der Waals surface area contributed by atoms with Crippen LogP contribution in [0.1, 0.15) is 25.8 Å². The van der Waals surface area contributed by atoms with Gasteiger partial charge in [0.2, 0.25) is 0 Å². The van der Waals surface area contributed by atoms with E-state index in [1.807, 2.05) is 7.05 Å². The van der Waals surface area contributed by atoms with Crippen molar-refractivity contribution in [2.45, 2.75) is 26.7 Å². The van der Waals surface area contributed by atoms with Crippen molar-refractivity contribution < 1.29 is 4.39 Å². The Bertz CT molecular complexity index is 350. The third-order valence-electron chi connectivity index (χ3n) is 2.73. The third-order valence-corrected chi connectivity index (χ3v) is 2.96. The molecule has 0 bridgehead atoms. The number of hydrogen-bond donors (Lipinski definition) is 1. The number of halogens is 2. The first-order valence-electron chi connectivity index (χ1n) is 5.53. The second-order valence-electron chi connectivity index (χ2n) is 4.93. The lowest BCUT2D eigenvalue weighted by molar-refractivity contribution is 0.325. The second kappa shape index (κ2) is 5.65. The van der Waals surface area contributed by atoms with Crippen LogP contribution in [0.15, 0.2) is 18.2 Å². The van der Waals surface area contributed by atoms with E-state index in [1.54, 1.807) is 12.1 Å². The van der Waals surface area contributed by atoms with Gasteiger partial charge < -0.3 is 5.32 Å². The Balaban J connectivity index is 2.74. The molecule has 0 saturated heterocycles. The van der Waals surface area contributed by atoms with Gasteiger partial charge in [0.15, 0.2) is 0 Å². The van der Waals surface area contributed by atoms with E-state index in [1.165, 1.54) is 6.07 Å². The SMILES string of the molecule is CNCCC(C)(C)Cc1cc(Cl)ccc1F. The standard InChI is InChI=1S/C13H19ClFN/c1-13(2,6-7-16-3)9-10-8-11(14)4-5-12(10)15/h4-5,8,16H,6-7,9H2,1-3H3. The van der Waals surface area contributed by atoms with E-state index in [-0.39, 0.29) is 11.2 Å². The molecule has 1 rings (SSSR count). The van der Waals surface area contributed by atoms with Crippen molar-refractivity contribution >= 4 is 11.6 Å². The van der Waals surface area contributed by atoms with E-state index >= 15 is 0 Å². The van der Waals surface area contributed by atoms with Crippen LogP contribution in [0.5, 0.6) is 0 Å². The van der Waals surface area contributed by atoms with Gasteiger partial charge in [0, 0.05) is 5.02 Å². The van der Waals surface area contributed by atoms with Crippen LogP contribution >= 0.6 is 11.6 Å². The van der Waals surface area contributed by atoms with Crippen molar-refractivity contribution in [3.05, 3.63) is 34.6 Å². The Morgan fingerprint density at radius 3 is 2.69 bits per heavy atom. The number of nitrogens with one attached hydrogen (secondary N) is 1. The van der Waals surface area contributed by atoms with Crippen LogP contribution in [0.4, 0.5) is 4.39 Å². The minimum atomic E-state index is -0.165. The highest BCUT2D eigenvalue weighted by Crippen LogP contribution is 2.28. The first-order chi connectivity index (χ1) is 7.44. The molecular weight excluding hydrogens is 225 g/mol. The van der Waals surface area contributed by atoms with Gasteiger partial charge >= 0.3 is 0 Å². The molecule has 0 atom stereocenters. The summed E-state index contributed by atoms with van der Waals surface area (Å²) in [6.07, 6.45) is 1.72. The fourth-order valence-corrected chi connectivity index (χ4v) is 1.94. The van der Waals surface area contributed by atoms with Gasteiger partial charge in [-0.05, 0) is 55.6 Å². The largest absolute Gasteiger partial charge is 0.320 e. The summed E-state index contributed by atoms with van der Waals surface area (Å²) >= 11 is 5.87. The van der Waals surface area contributed by atoms with E-state index < -0.39 is 0 Å². The van der Waals surface area contributed by atoms with Crippen LogP contribution in [0, 0.1) is 11.2 Å². The maximum absolute atomic E-state index is 13.5. The molecule has 0 aromatic heterocycles. The Kier molecular flexibility index (Phi) is 4.75. The summed E-state index contributed by atoms with van der Waals surface area (Å²) < 4.78 is 13.5. The zero-order chi connectivity index (χ0) is 12.2. The second-order valence-corrected chi connectivity index (χ2v) is 5.37. The van der Waals surface area contributed by atoms with Gasteiger partial charge in [-0.2, -0.15) is 0 Å². The van der Waals surface area contributed by atoms with E-state index in [0.717, 1.165) is 13.0 Å². The Morgan fingerprint density at radius 1 is 1.38 bits per heavy atom. The molecule has 0 unspecified atom stereocenters. The van der Waals surface area contributed by atoms with E-state index in [0.29, 0.717) is 17.0 Å². The average molecular weight is 244 g/mol. The van der Waals surface area contributed by atoms with Crippen LogP contribution < -0.4 is 5.32 Å². The lowest BCUT2D eigenvalue weighted by Crippen LogP contribution is -2.22. The van der Waals surface area contributed by atoms with Crippen molar-refractivity contribution in [1.82, 2.24) is 5.32 Å². The van der Waals surface area contributed by atoms with E-state index in [4.69, 9.17) is 11.6 Å². The van der Waals surface area contributed by atoms with Crippen molar-refractivity contribution in [2.24, 2.45) is 5.41 Å². The van der Waals surface area contributed by atoms with Gasteiger partial charge in [-0.3, -0.25) is 0 Å². The van der Waals surface area contributed by atoms with Crippen molar-refractivity contribution in [3.63, 3.8) is 0 Å². The lowest BCUT2D eigenvalue weighted by Gasteiger charge is -2.24. The number of benzene rings is 1. The number of hydrogen-bond acceptors (Lipinski definition) is 1. The molecule has 0 heterocycles. The molecule has 0 spiro atoms. The zero-order valence-electron chi connectivity index (χ0n) is 10.1. The molecule has 0 aliphatic rings. The Labute approximate surface area is 102 Å². The van der Waals surface area contributed by atoms with E-state index in [9.17, 15) is 4.39 Å². The van der Waals surface area contributed by atoms with Crippen LogP contribution in [-0.4, -0.2) is 13.6 Å². The highest BCUT2D eigenvalue weighted by atomic mass is 35.5. The average Bonchev–Trinajstić information content (AvgIpc) is 2.20. The van der Waals surface area contributed by atoms with E-state index in [2.05, 4.69) is 19.2 Å². The molecule has 1 N–H and O–H groups in total. The molecule has 0 aliphatic carbocycles. The molecule has 0 radical (unpaired) electrons. The first kappa shape index (κ1) is 13.5. The quantitative estimate of drug-likeness (QED) is 0.832. The van der Waals surface area contributed by atoms with Gasteiger partial charge in [-0.25, -0.2) is 4.39 Å². The maximum atomic E-state index is 13.5. The summed E-state index contributed by atoms with van der Waals surface area (Å²) in [7, 11) is 1.93. The van der Waals surface area contributed by atoms with Crippen molar-refractivity contribution in [3.8, 4) is 0 Å². The molecule has 1 aromatic rings. The molecule has 3 heteroatoms. The monoisotopic (exact) mass is 243 g/mol. The normalized spacial score (nSPS) is 11.8. The third kappa shape index (κ3) is 4.11. The fourth-order valence-electron chi connectivity index (χ4n) is 1.75. The minimum absolute atomic E-state index is 0.0779. The minimum Gasteiger partial charge on any atom is -0.320 e. The Morgan fingerprint density at radius 2 is 2.06 bits per heavy atom. The maximum Gasteiger partial charge on any atom is 0.126 e. The summed E-state index contributed by atoms with van der Waals surface area (Å²) in [5.41, 5.74) is 0.780. The van der Waals surface area contributed by atoms with Gasteiger partial charge in [0.05, 0.1) is 0 Å². The zero-order valence-corrected chi connectivity index (χ0v) is 10.9. The first-order valence-corrected chi connectivity index (χ1v) is 5.91. The molecule has 0 saturated carbocycles. The van der Waals surface area contributed by atoms with Gasteiger partial charge in [0.25, 0.3) is 0 Å². The molecule has 0 fully saturated rings. The number of rotatable bonds is 5. The summed E-state index contributed by atoms with van der Waals surface area (Å²) in [4.78, 5) is 0. The predicted molar refractivity (Wildman–Crippen MR) is 67.4 cm³/mol. The smallest absolute Gasteiger partial charge is 0.126 e. The molecule has 16 heavy (non-hydrogen) atoms. The van der Waals surface area contributed by atoms with Crippen molar-refractivity contribution in [2.75, 3.05) is 13.6 Å². The van der Waals surface area contributed by atoms with Crippen molar-refractivity contribution in [1.29, 1.82) is 0 Å². The van der Waals surface area contributed by atoms with Gasteiger partial charge in [-0.1, -0.05) is 25.4 Å². The topological polar surface area (TPSA) is 12.0 Å². The molecule has 1 aromatic carbocycles. The molecule has 90 valence electrons. The highest BCUT2D eigenvalue weighted by molar-refractivity contribution is 6.30. The highest BCUT2D eigenvalue weighted by Gasteiger charge is 2.19. The Hall–Kier alpha value is -0.600. The predicted octanol–water partition coefficient (Wildman–Crippen LogP) is 3.66. The van der Waals surface area contributed by atoms with Crippen LogP contribution in [0.2, 0.25) is 5.02 Å². The van der Waals surface area contributed by atoms with Crippen LogP contribution in [-0.2, 0) is 6.42 Å². The van der Waals surface area contributed by atoms with Gasteiger partial charge in [-0.15, -0.1) is 0 Å². The lowest BCUT2D eigenvalue weighted by atomic mass is 9.82.